The standard InChI is InChI=1S/C10H16N2O4/c1-10(2,5-9(13)14)4-8-11-7(6-15-3)12-16-8/h4-6H2,1-3H3,(H,13,14). The molecule has 1 aromatic rings. The van der Waals surface area contributed by atoms with Crippen molar-refractivity contribution in [3.63, 3.8) is 0 Å². The first-order chi connectivity index (χ1) is 7.43. The summed E-state index contributed by atoms with van der Waals surface area (Å²) in [6.07, 6.45) is 0.505. The number of carbonyl (C=O) groups is 1. The number of carboxylic acids is 1. The van der Waals surface area contributed by atoms with Crippen LogP contribution in [-0.2, 0) is 22.6 Å². The van der Waals surface area contributed by atoms with Crippen LogP contribution in [0.25, 0.3) is 0 Å². The lowest BCUT2D eigenvalue weighted by Gasteiger charge is -2.19. The van der Waals surface area contributed by atoms with Crippen LogP contribution in [0.4, 0.5) is 0 Å². The number of ether oxygens (including phenoxy) is 1. The van der Waals surface area contributed by atoms with Crippen molar-refractivity contribution >= 4 is 5.97 Å². The number of carboxylic acid groups (broad SMARTS) is 1. The Morgan fingerprint density at radius 2 is 2.25 bits per heavy atom. The van der Waals surface area contributed by atoms with Crippen molar-refractivity contribution in [2.24, 2.45) is 5.41 Å². The molecule has 0 bridgehead atoms. The summed E-state index contributed by atoms with van der Waals surface area (Å²) >= 11 is 0. The fourth-order valence-electron chi connectivity index (χ4n) is 1.43. The molecule has 0 amide bonds. The van der Waals surface area contributed by atoms with E-state index in [4.69, 9.17) is 14.4 Å². The topological polar surface area (TPSA) is 85.5 Å². The summed E-state index contributed by atoms with van der Waals surface area (Å²) in [4.78, 5) is 14.7. The van der Waals surface area contributed by atoms with E-state index < -0.39 is 11.4 Å². The average molecular weight is 228 g/mol. The third-order valence-corrected chi connectivity index (χ3v) is 2.04. The largest absolute Gasteiger partial charge is 0.481 e. The first-order valence-electron chi connectivity index (χ1n) is 4.95. The predicted molar refractivity (Wildman–Crippen MR) is 54.7 cm³/mol. The molecule has 6 nitrogen and oxygen atoms in total. The Balaban J connectivity index is 2.61. The summed E-state index contributed by atoms with van der Waals surface area (Å²) in [5.41, 5.74) is -0.400. The van der Waals surface area contributed by atoms with Gasteiger partial charge in [-0.25, -0.2) is 0 Å². The van der Waals surface area contributed by atoms with E-state index in [1.54, 1.807) is 7.11 Å². The average Bonchev–Trinajstić information content (AvgIpc) is 2.49. The summed E-state index contributed by atoms with van der Waals surface area (Å²) in [6.45, 7) is 3.99. The Labute approximate surface area is 93.6 Å². The molecule has 0 unspecified atom stereocenters. The highest BCUT2D eigenvalue weighted by molar-refractivity contribution is 5.67. The molecule has 0 aliphatic heterocycles. The van der Waals surface area contributed by atoms with E-state index in [1.165, 1.54) is 0 Å². The van der Waals surface area contributed by atoms with Crippen molar-refractivity contribution in [3.8, 4) is 0 Å². The molecule has 0 aliphatic carbocycles. The molecule has 0 fully saturated rings. The minimum absolute atomic E-state index is 0.0645. The van der Waals surface area contributed by atoms with Crippen molar-refractivity contribution in [1.29, 1.82) is 0 Å². The SMILES string of the molecule is COCc1noc(CC(C)(C)CC(=O)O)n1. The highest BCUT2D eigenvalue weighted by Gasteiger charge is 2.25. The summed E-state index contributed by atoms with van der Waals surface area (Å²) in [5.74, 6) is 0.0866. The van der Waals surface area contributed by atoms with Crippen LogP contribution in [-0.4, -0.2) is 28.3 Å². The minimum Gasteiger partial charge on any atom is -0.481 e. The Morgan fingerprint density at radius 3 is 2.81 bits per heavy atom. The molecule has 0 atom stereocenters. The maximum absolute atomic E-state index is 10.6. The molecular formula is C10H16N2O4. The number of hydrogen-bond acceptors (Lipinski definition) is 5. The van der Waals surface area contributed by atoms with Gasteiger partial charge in [0.05, 0.1) is 6.42 Å². The Kier molecular flexibility index (Phi) is 4.00. The number of aromatic nitrogens is 2. The number of aliphatic carboxylic acids is 1. The van der Waals surface area contributed by atoms with Gasteiger partial charge in [-0.15, -0.1) is 0 Å². The van der Waals surface area contributed by atoms with Crippen molar-refractivity contribution in [1.82, 2.24) is 10.1 Å². The first-order valence-corrected chi connectivity index (χ1v) is 4.95. The van der Waals surface area contributed by atoms with E-state index in [-0.39, 0.29) is 6.42 Å². The zero-order valence-electron chi connectivity index (χ0n) is 9.69. The second kappa shape index (κ2) is 5.07. The van der Waals surface area contributed by atoms with Crippen LogP contribution in [0, 0.1) is 5.41 Å². The van der Waals surface area contributed by atoms with Gasteiger partial charge >= 0.3 is 5.97 Å². The summed E-state index contributed by atoms with van der Waals surface area (Å²) in [6, 6.07) is 0. The van der Waals surface area contributed by atoms with E-state index in [1.807, 2.05) is 13.8 Å². The summed E-state index contributed by atoms with van der Waals surface area (Å²) in [7, 11) is 1.55. The highest BCUT2D eigenvalue weighted by atomic mass is 16.5. The Hall–Kier alpha value is -1.43. The van der Waals surface area contributed by atoms with Crippen LogP contribution in [0.2, 0.25) is 0 Å². The minimum atomic E-state index is -0.832. The van der Waals surface area contributed by atoms with Crippen molar-refractivity contribution < 1.29 is 19.2 Å². The molecule has 1 N–H and O–H groups in total. The first kappa shape index (κ1) is 12.6. The van der Waals surface area contributed by atoms with E-state index in [0.29, 0.717) is 24.7 Å². The van der Waals surface area contributed by atoms with Crippen molar-refractivity contribution in [3.05, 3.63) is 11.7 Å². The molecule has 16 heavy (non-hydrogen) atoms. The molecule has 0 radical (unpaired) electrons. The molecule has 0 aromatic carbocycles. The second-order valence-corrected chi connectivity index (χ2v) is 4.45. The maximum atomic E-state index is 10.6. The lowest BCUT2D eigenvalue weighted by molar-refractivity contribution is -0.139. The molecule has 1 heterocycles. The zero-order chi connectivity index (χ0) is 12.2. The van der Waals surface area contributed by atoms with Crippen LogP contribution >= 0.6 is 0 Å². The van der Waals surface area contributed by atoms with Gasteiger partial charge in [-0.3, -0.25) is 4.79 Å². The van der Waals surface area contributed by atoms with Gasteiger partial charge in [-0.2, -0.15) is 4.98 Å². The lowest BCUT2D eigenvalue weighted by atomic mass is 9.86. The zero-order valence-corrected chi connectivity index (χ0v) is 9.69. The fourth-order valence-corrected chi connectivity index (χ4v) is 1.43. The Bertz CT molecular complexity index is 359. The molecule has 1 aromatic heterocycles. The quantitative estimate of drug-likeness (QED) is 0.788. The van der Waals surface area contributed by atoms with Crippen LogP contribution in [0.5, 0.6) is 0 Å². The highest BCUT2D eigenvalue weighted by Crippen LogP contribution is 2.25. The number of nitrogens with zero attached hydrogens (tertiary/aromatic N) is 2. The second-order valence-electron chi connectivity index (χ2n) is 4.45. The number of methoxy groups -OCH3 is 1. The molecule has 0 saturated heterocycles. The predicted octanol–water partition coefficient (Wildman–Crippen LogP) is 1.26. The molecule has 90 valence electrons. The van der Waals surface area contributed by atoms with Crippen LogP contribution in [0.1, 0.15) is 32.0 Å². The van der Waals surface area contributed by atoms with Gasteiger partial charge in [0.1, 0.15) is 6.61 Å². The maximum Gasteiger partial charge on any atom is 0.303 e. The van der Waals surface area contributed by atoms with E-state index in [9.17, 15) is 4.79 Å². The molecule has 0 saturated carbocycles. The van der Waals surface area contributed by atoms with Gasteiger partial charge < -0.3 is 14.4 Å². The fraction of sp³-hybridized carbons (Fsp3) is 0.700. The summed E-state index contributed by atoms with van der Waals surface area (Å²) in [5, 5.41) is 12.4. The van der Waals surface area contributed by atoms with E-state index in [2.05, 4.69) is 10.1 Å². The van der Waals surface area contributed by atoms with Gasteiger partial charge in [-0.05, 0) is 5.41 Å². The molecule has 1 rings (SSSR count). The van der Waals surface area contributed by atoms with Gasteiger partial charge in [0.15, 0.2) is 5.82 Å². The molecule has 0 spiro atoms. The van der Waals surface area contributed by atoms with Crippen molar-refractivity contribution in [2.75, 3.05) is 7.11 Å². The third kappa shape index (κ3) is 3.98. The normalized spacial score (nSPS) is 11.7. The van der Waals surface area contributed by atoms with Gasteiger partial charge in [0.25, 0.3) is 0 Å². The number of hydrogen-bond donors (Lipinski definition) is 1. The smallest absolute Gasteiger partial charge is 0.303 e. The van der Waals surface area contributed by atoms with Crippen LogP contribution in [0.3, 0.4) is 0 Å². The molecule has 0 aliphatic rings. The van der Waals surface area contributed by atoms with Gasteiger partial charge in [0.2, 0.25) is 5.89 Å². The van der Waals surface area contributed by atoms with E-state index in [0.717, 1.165) is 0 Å². The van der Waals surface area contributed by atoms with Gasteiger partial charge in [-0.1, -0.05) is 19.0 Å². The van der Waals surface area contributed by atoms with Crippen molar-refractivity contribution in [2.45, 2.75) is 33.3 Å². The molecule has 6 heteroatoms. The number of rotatable bonds is 6. The lowest BCUT2D eigenvalue weighted by Crippen LogP contribution is -2.19. The van der Waals surface area contributed by atoms with Crippen LogP contribution in [0.15, 0.2) is 4.52 Å². The Morgan fingerprint density at radius 1 is 1.56 bits per heavy atom. The van der Waals surface area contributed by atoms with E-state index >= 15 is 0 Å². The van der Waals surface area contributed by atoms with Gasteiger partial charge in [0, 0.05) is 13.5 Å². The monoisotopic (exact) mass is 228 g/mol. The summed E-state index contributed by atoms with van der Waals surface area (Å²) < 4.78 is 9.86. The molecular weight excluding hydrogens is 212 g/mol. The third-order valence-electron chi connectivity index (χ3n) is 2.04. The van der Waals surface area contributed by atoms with Crippen LogP contribution < -0.4 is 0 Å².